The lowest BCUT2D eigenvalue weighted by Gasteiger charge is -2.12. The summed E-state index contributed by atoms with van der Waals surface area (Å²) in [5.41, 5.74) is 7.54. The zero-order valence-electron chi connectivity index (χ0n) is 11.9. The zero-order valence-corrected chi connectivity index (χ0v) is 11.9. The summed E-state index contributed by atoms with van der Waals surface area (Å²) < 4.78 is 5.65. The molecule has 1 aliphatic heterocycles. The van der Waals surface area contributed by atoms with E-state index in [1.54, 1.807) is 6.08 Å². The molecule has 1 heterocycles. The van der Waals surface area contributed by atoms with Crippen molar-refractivity contribution in [1.29, 1.82) is 0 Å². The Bertz CT molecular complexity index is 573. The van der Waals surface area contributed by atoms with E-state index in [4.69, 9.17) is 4.74 Å². The van der Waals surface area contributed by atoms with E-state index in [9.17, 15) is 9.59 Å². The average molecular weight is 274 g/mol. The lowest BCUT2D eigenvalue weighted by molar-refractivity contribution is -0.117. The fourth-order valence-electron chi connectivity index (χ4n) is 1.98. The smallest absolute Gasteiger partial charge is 0.275 e. The van der Waals surface area contributed by atoms with E-state index in [1.807, 2.05) is 26.0 Å². The van der Waals surface area contributed by atoms with Crippen LogP contribution in [-0.2, 0) is 9.59 Å². The van der Waals surface area contributed by atoms with Gasteiger partial charge in [-0.3, -0.25) is 20.4 Å². The van der Waals surface area contributed by atoms with Gasteiger partial charge in [-0.15, -0.1) is 0 Å². The van der Waals surface area contributed by atoms with Gasteiger partial charge in [-0.1, -0.05) is 13.0 Å². The molecule has 5 heteroatoms. The molecule has 2 amide bonds. The number of carbonyl (C=O) groups is 2. The molecule has 0 unspecified atom stereocenters. The van der Waals surface area contributed by atoms with E-state index >= 15 is 0 Å². The van der Waals surface area contributed by atoms with Gasteiger partial charge in [-0.05, 0) is 49.1 Å². The zero-order chi connectivity index (χ0) is 14.7. The number of amides is 2. The van der Waals surface area contributed by atoms with Crippen LogP contribution in [0.1, 0.15) is 30.0 Å². The molecule has 0 atom stereocenters. The Morgan fingerprint density at radius 2 is 1.75 bits per heavy atom. The number of hydrogen-bond acceptors (Lipinski definition) is 3. The number of hydrazine groups is 1. The molecule has 1 aromatic rings. The quantitative estimate of drug-likeness (QED) is 0.648. The molecule has 0 bridgehead atoms. The highest BCUT2D eigenvalue weighted by molar-refractivity contribution is 6.25. The molecular formula is C15H18N2O3. The molecule has 1 aliphatic rings. The van der Waals surface area contributed by atoms with Crippen molar-refractivity contribution in [2.24, 2.45) is 0 Å². The summed E-state index contributed by atoms with van der Waals surface area (Å²) in [4.78, 5) is 23.0. The van der Waals surface area contributed by atoms with E-state index in [1.165, 1.54) is 0 Å². The predicted molar refractivity (Wildman–Crippen MR) is 76.0 cm³/mol. The van der Waals surface area contributed by atoms with Gasteiger partial charge < -0.3 is 4.74 Å². The molecule has 2 N–H and O–H groups in total. The molecule has 20 heavy (non-hydrogen) atoms. The molecule has 0 spiro atoms. The molecule has 0 aliphatic carbocycles. The Hall–Kier alpha value is -2.30. The first-order valence-electron chi connectivity index (χ1n) is 6.60. The number of hydrogen-bond donors (Lipinski definition) is 2. The Labute approximate surface area is 118 Å². The first-order chi connectivity index (χ1) is 9.54. The van der Waals surface area contributed by atoms with E-state index in [0.717, 1.165) is 28.9 Å². The minimum absolute atomic E-state index is 0.120. The number of benzene rings is 1. The molecule has 0 radical (unpaired) electrons. The molecule has 0 aromatic heterocycles. The van der Waals surface area contributed by atoms with Crippen LogP contribution in [0.4, 0.5) is 0 Å². The minimum atomic E-state index is -0.404. The molecule has 5 nitrogen and oxygen atoms in total. The monoisotopic (exact) mass is 274 g/mol. The van der Waals surface area contributed by atoms with Crippen LogP contribution in [-0.4, -0.2) is 18.4 Å². The number of carbonyl (C=O) groups excluding carboxylic acids is 2. The van der Waals surface area contributed by atoms with Gasteiger partial charge in [0.2, 0.25) is 0 Å². The largest absolute Gasteiger partial charge is 0.493 e. The van der Waals surface area contributed by atoms with Gasteiger partial charge in [0.1, 0.15) is 11.3 Å². The topological polar surface area (TPSA) is 67.4 Å². The van der Waals surface area contributed by atoms with Gasteiger partial charge in [-0.2, -0.15) is 0 Å². The Morgan fingerprint density at radius 3 is 2.35 bits per heavy atom. The molecule has 0 saturated carbocycles. The second-order valence-corrected chi connectivity index (χ2v) is 4.72. The SMILES string of the molecule is CCCOc1ccc(C=C2C(=O)NNC2=O)c(C)c1C. The molecule has 106 valence electrons. The van der Waals surface area contributed by atoms with E-state index in [0.29, 0.717) is 6.61 Å². The van der Waals surface area contributed by atoms with E-state index in [2.05, 4.69) is 17.8 Å². The highest BCUT2D eigenvalue weighted by Crippen LogP contribution is 2.26. The molecular weight excluding hydrogens is 256 g/mol. The van der Waals surface area contributed by atoms with Crippen molar-refractivity contribution in [2.45, 2.75) is 27.2 Å². The van der Waals surface area contributed by atoms with E-state index in [-0.39, 0.29) is 5.57 Å². The Balaban J connectivity index is 2.34. The number of rotatable bonds is 4. The maximum atomic E-state index is 11.5. The molecule has 1 fully saturated rings. The highest BCUT2D eigenvalue weighted by atomic mass is 16.5. The summed E-state index contributed by atoms with van der Waals surface area (Å²) in [7, 11) is 0. The summed E-state index contributed by atoms with van der Waals surface area (Å²) in [6, 6.07) is 3.73. The Kier molecular flexibility index (Phi) is 4.08. The van der Waals surface area contributed by atoms with E-state index < -0.39 is 11.8 Å². The van der Waals surface area contributed by atoms with Gasteiger partial charge in [0, 0.05) is 0 Å². The summed E-state index contributed by atoms with van der Waals surface area (Å²) in [5.74, 6) is 0.0311. The van der Waals surface area contributed by atoms with Crippen LogP contribution < -0.4 is 15.6 Å². The van der Waals surface area contributed by atoms with Crippen LogP contribution in [0.2, 0.25) is 0 Å². The first kappa shape index (κ1) is 14.1. The van der Waals surface area contributed by atoms with Crippen LogP contribution in [0.25, 0.3) is 6.08 Å². The fourth-order valence-corrected chi connectivity index (χ4v) is 1.98. The van der Waals surface area contributed by atoms with Crippen molar-refractivity contribution in [2.75, 3.05) is 6.61 Å². The average Bonchev–Trinajstić information content (AvgIpc) is 2.74. The minimum Gasteiger partial charge on any atom is -0.493 e. The fraction of sp³-hybridized carbons (Fsp3) is 0.333. The van der Waals surface area contributed by atoms with Gasteiger partial charge >= 0.3 is 0 Å². The van der Waals surface area contributed by atoms with Crippen molar-refractivity contribution in [3.63, 3.8) is 0 Å². The van der Waals surface area contributed by atoms with Crippen LogP contribution >= 0.6 is 0 Å². The first-order valence-corrected chi connectivity index (χ1v) is 6.60. The van der Waals surface area contributed by atoms with Gasteiger partial charge in [0.15, 0.2) is 0 Å². The van der Waals surface area contributed by atoms with Crippen LogP contribution in [0.3, 0.4) is 0 Å². The summed E-state index contributed by atoms with van der Waals surface area (Å²) >= 11 is 0. The van der Waals surface area contributed by atoms with Gasteiger partial charge in [-0.25, -0.2) is 0 Å². The lowest BCUT2D eigenvalue weighted by Crippen LogP contribution is -2.28. The number of nitrogens with one attached hydrogen (secondary N) is 2. The van der Waals surface area contributed by atoms with Gasteiger partial charge in [0.05, 0.1) is 6.61 Å². The maximum absolute atomic E-state index is 11.5. The third-order valence-corrected chi connectivity index (χ3v) is 3.32. The molecule has 1 saturated heterocycles. The maximum Gasteiger partial charge on any atom is 0.275 e. The molecule has 2 rings (SSSR count). The normalized spacial score (nSPS) is 14.1. The van der Waals surface area contributed by atoms with Crippen LogP contribution in [0.5, 0.6) is 5.75 Å². The van der Waals surface area contributed by atoms with Crippen molar-refractivity contribution < 1.29 is 14.3 Å². The standard InChI is InChI=1S/C15H18N2O3/c1-4-7-20-13-6-5-11(9(2)10(13)3)8-12-14(18)16-17-15(12)19/h5-6,8H,4,7H2,1-3H3,(H,16,18)(H,17,19). The van der Waals surface area contributed by atoms with Gasteiger partial charge in [0.25, 0.3) is 11.8 Å². The second kappa shape index (κ2) is 5.77. The summed E-state index contributed by atoms with van der Waals surface area (Å²) in [5, 5.41) is 0. The lowest BCUT2D eigenvalue weighted by atomic mass is 10.00. The summed E-state index contributed by atoms with van der Waals surface area (Å²) in [6.45, 7) is 6.65. The third kappa shape index (κ3) is 2.66. The number of ether oxygens (including phenoxy) is 1. The van der Waals surface area contributed by atoms with Crippen LogP contribution in [0, 0.1) is 13.8 Å². The van der Waals surface area contributed by atoms with Crippen LogP contribution in [0.15, 0.2) is 17.7 Å². The molecule has 1 aromatic carbocycles. The third-order valence-electron chi connectivity index (χ3n) is 3.32. The van der Waals surface area contributed by atoms with Crippen molar-refractivity contribution in [3.8, 4) is 5.75 Å². The summed E-state index contributed by atoms with van der Waals surface area (Å²) in [6.07, 6.45) is 2.55. The van der Waals surface area contributed by atoms with Crippen molar-refractivity contribution in [3.05, 3.63) is 34.4 Å². The van der Waals surface area contributed by atoms with Crippen molar-refractivity contribution in [1.82, 2.24) is 10.9 Å². The predicted octanol–water partition coefficient (Wildman–Crippen LogP) is 1.64. The highest BCUT2D eigenvalue weighted by Gasteiger charge is 2.25. The second-order valence-electron chi connectivity index (χ2n) is 4.72. The van der Waals surface area contributed by atoms with Crippen molar-refractivity contribution >= 4 is 17.9 Å². The Morgan fingerprint density at radius 1 is 1.10 bits per heavy atom.